The van der Waals surface area contributed by atoms with Crippen molar-refractivity contribution in [2.24, 2.45) is 0 Å². The van der Waals surface area contributed by atoms with Crippen LogP contribution in [0.2, 0.25) is 0 Å². The summed E-state index contributed by atoms with van der Waals surface area (Å²) in [4.78, 5) is 24.4. The molecule has 0 fully saturated rings. The van der Waals surface area contributed by atoms with Crippen LogP contribution in [0, 0.1) is 0 Å². The molecule has 0 radical (unpaired) electrons. The zero-order chi connectivity index (χ0) is 35.2. The van der Waals surface area contributed by atoms with E-state index in [4.69, 9.17) is 18.9 Å². The van der Waals surface area contributed by atoms with E-state index in [9.17, 15) is 35.5 Å². The number of rotatable bonds is 12. The smallest absolute Gasteiger partial charge is 0.744 e. The van der Waals surface area contributed by atoms with Crippen LogP contribution in [-0.4, -0.2) is 66.2 Å². The van der Waals surface area contributed by atoms with Gasteiger partial charge in [-0.05, 0) is 59.7 Å². The maximum absolute atomic E-state index is 12.9. The van der Waals surface area contributed by atoms with Gasteiger partial charge in [-0.2, -0.15) is 0 Å². The van der Waals surface area contributed by atoms with E-state index in [1.54, 1.807) is 0 Å². The van der Waals surface area contributed by atoms with Crippen molar-refractivity contribution in [2.75, 3.05) is 39.1 Å². The zero-order valence-electron chi connectivity index (χ0n) is 27.8. The van der Waals surface area contributed by atoms with Crippen molar-refractivity contribution in [3.05, 3.63) is 95.1 Å². The molecule has 0 saturated carbocycles. The summed E-state index contributed by atoms with van der Waals surface area (Å²) in [5.41, 5.74) is -0.209. The van der Waals surface area contributed by atoms with Crippen LogP contribution in [0.25, 0.3) is 12.2 Å². The number of ether oxygens (including phenoxy) is 4. The minimum Gasteiger partial charge on any atom is -0.744 e. The minimum atomic E-state index is -5.12. The number of benzene rings is 4. The Bertz CT molecular complexity index is 1990. The summed E-state index contributed by atoms with van der Waals surface area (Å²) in [6.07, 6.45) is 2.24. The van der Waals surface area contributed by atoms with E-state index < -0.39 is 41.8 Å². The van der Waals surface area contributed by atoms with Crippen molar-refractivity contribution in [1.82, 2.24) is 0 Å². The summed E-state index contributed by atoms with van der Waals surface area (Å²) >= 11 is 0. The minimum absolute atomic E-state index is 0. The Morgan fingerprint density at radius 1 is 0.560 bits per heavy atom. The molecule has 0 unspecified atom stereocenters. The maximum atomic E-state index is 12.9. The predicted molar refractivity (Wildman–Crippen MR) is 173 cm³/mol. The number of anilines is 2. The first-order valence-corrected chi connectivity index (χ1v) is 16.4. The van der Waals surface area contributed by atoms with Gasteiger partial charge in [0.25, 0.3) is 11.8 Å². The summed E-state index contributed by atoms with van der Waals surface area (Å²) in [6, 6.07) is 15.8. The van der Waals surface area contributed by atoms with Gasteiger partial charge < -0.3 is 38.7 Å². The first-order chi connectivity index (χ1) is 22.7. The molecule has 4 aromatic carbocycles. The van der Waals surface area contributed by atoms with Crippen LogP contribution in [-0.2, 0) is 20.2 Å². The van der Waals surface area contributed by atoms with Gasteiger partial charge >= 0.3 is 59.1 Å². The summed E-state index contributed by atoms with van der Waals surface area (Å²) in [6.45, 7) is 0. The number of nitrogens with one attached hydrogen (secondary N) is 2. The Balaban J connectivity index is 0.00000433. The molecule has 0 aliphatic rings. The second kappa shape index (κ2) is 18.2. The Hall–Kier alpha value is -3.42. The standard InChI is InChI=1S/C32H30N2O12S2.2Na/c1-43-23-11-13-25(27(17-23)45-3)31(35)33-21-9-7-19(29(15-21)47(37,38)39)5-6-20-8-10-22(16-30(20)48(40,41)42)34-32(36)26-14-12-24(44-2)18-28(26)46-4;;/h5-18H,1-4H3,(H,33,35)(H,34,36)(H,37,38,39)(H,40,41,42);;/q;2*+1/p-2. The van der Waals surface area contributed by atoms with Gasteiger partial charge in [0, 0.05) is 23.5 Å². The molecule has 0 aliphatic carbocycles. The van der Waals surface area contributed by atoms with Gasteiger partial charge in [-0.15, -0.1) is 0 Å². The van der Waals surface area contributed by atoms with Gasteiger partial charge in [-0.1, -0.05) is 24.3 Å². The molecule has 0 aromatic heterocycles. The Morgan fingerprint density at radius 2 is 0.920 bits per heavy atom. The quantitative estimate of drug-likeness (QED) is 0.0938. The fourth-order valence-electron chi connectivity index (χ4n) is 4.48. The van der Waals surface area contributed by atoms with Crippen LogP contribution in [0.3, 0.4) is 0 Å². The summed E-state index contributed by atoms with van der Waals surface area (Å²) in [7, 11) is -4.66. The Morgan fingerprint density at radius 3 is 1.22 bits per heavy atom. The molecule has 0 heterocycles. The van der Waals surface area contributed by atoms with E-state index in [0.717, 1.165) is 24.3 Å². The van der Waals surface area contributed by atoms with E-state index in [0.29, 0.717) is 11.5 Å². The van der Waals surface area contributed by atoms with Crippen molar-refractivity contribution in [2.45, 2.75) is 9.79 Å². The molecule has 18 heteroatoms. The SMILES string of the molecule is COc1ccc(C(=O)Nc2ccc(C=Cc3ccc(NC(=O)c4ccc(OC)cc4OC)cc3S(=O)(=O)[O-])c(S(=O)(=O)[O-])c2)c(OC)c1.[Na+].[Na+]. The number of methoxy groups -OCH3 is 4. The molecule has 4 aromatic rings. The molecule has 4 rings (SSSR count). The molecule has 0 atom stereocenters. The van der Waals surface area contributed by atoms with Crippen molar-refractivity contribution >= 4 is 55.6 Å². The van der Waals surface area contributed by atoms with E-state index in [1.807, 2.05) is 0 Å². The van der Waals surface area contributed by atoms with Gasteiger partial charge in [0.1, 0.15) is 43.2 Å². The summed E-state index contributed by atoms with van der Waals surface area (Å²) < 4.78 is 93.7. The van der Waals surface area contributed by atoms with Gasteiger partial charge in [0.15, 0.2) is 0 Å². The predicted octanol–water partition coefficient (Wildman–Crippen LogP) is -1.79. The van der Waals surface area contributed by atoms with E-state index in [1.165, 1.54) is 89.1 Å². The number of hydrogen-bond donors (Lipinski definition) is 2. The molecule has 252 valence electrons. The van der Waals surface area contributed by atoms with Crippen LogP contribution in [0.4, 0.5) is 11.4 Å². The summed E-state index contributed by atoms with van der Waals surface area (Å²) in [5.74, 6) is -0.122. The van der Waals surface area contributed by atoms with Crippen molar-refractivity contribution in [3.63, 3.8) is 0 Å². The van der Waals surface area contributed by atoms with E-state index in [-0.39, 0.29) is 104 Å². The normalized spacial score (nSPS) is 11.1. The third-order valence-corrected chi connectivity index (χ3v) is 8.62. The second-order valence-corrected chi connectivity index (χ2v) is 12.5. The maximum Gasteiger partial charge on any atom is 1.00 e. The summed E-state index contributed by atoms with van der Waals surface area (Å²) in [5, 5.41) is 5.01. The first-order valence-electron chi connectivity index (χ1n) is 13.6. The molecule has 0 spiro atoms. The number of carbonyl (C=O) groups is 2. The molecule has 0 bridgehead atoms. The molecule has 50 heavy (non-hydrogen) atoms. The monoisotopic (exact) mass is 742 g/mol. The van der Waals surface area contributed by atoms with E-state index >= 15 is 0 Å². The third kappa shape index (κ3) is 10.6. The topological polar surface area (TPSA) is 210 Å². The van der Waals surface area contributed by atoms with Gasteiger partial charge in [0.2, 0.25) is 0 Å². The average molecular weight is 743 g/mol. The molecule has 2 amide bonds. The van der Waals surface area contributed by atoms with Crippen LogP contribution in [0.1, 0.15) is 31.8 Å². The fraction of sp³-hybridized carbons (Fsp3) is 0.125. The van der Waals surface area contributed by atoms with Crippen molar-refractivity contribution in [1.29, 1.82) is 0 Å². The fourth-order valence-corrected chi connectivity index (χ4v) is 5.87. The van der Waals surface area contributed by atoms with Crippen molar-refractivity contribution < 1.29 is 114 Å². The molecular formula is C32H28N2Na2O12S2. The van der Waals surface area contributed by atoms with Crippen LogP contribution < -0.4 is 88.7 Å². The molecular weight excluding hydrogens is 714 g/mol. The molecule has 0 saturated heterocycles. The van der Waals surface area contributed by atoms with Gasteiger partial charge in [0.05, 0.1) is 49.4 Å². The Labute approximate surface area is 333 Å². The Kier molecular flexibility index (Phi) is 15.5. The molecule has 14 nitrogen and oxygen atoms in total. The molecule has 2 N–H and O–H groups in total. The zero-order valence-corrected chi connectivity index (χ0v) is 33.4. The second-order valence-electron chi connectivity index (χ2n) is 9.79. The first kappa shape index (κ1) is 42.7. The van der Waals surface area contributed by atoms with Crippen LogP contribution in [0.15, 0.2) is 82.6 Å². The van der Waals surface area contributed by atoms with Gasteiger partial charge in [-0.3, -0.25) is 9.59 Å². The van der Waals surface area contributed by atoms with Crippen LogP contribution in [0.5, 0.6) is 23.0 Å². The average Bonchev–Trinajstić information content (AvgIpc) is 3.06. The van der Waals surface area contributed by atoms with E-state index in [2.05, 4.69) is 10.6 Å². The van der Waals surface area contributed by atoms with Crippen LogP contribution >= 0.6 is 0 Å². The third-order valence-electron chi connectivity index (χ3n) is 6.83. The number of carbonyl (C=O) groups excluding carboxylic acids is 2. The number of hydrogen-bond acceptors (Lipinski definition) is 12. The van der Waals surface area contributed by atoms with Crippen molar-refractivity contribution in [3.8, 4) is 23.0 Å². The van der Waals surface area contributed by atoms with Gasteiger partial charge in [-0.25, -0.2) is 16.8 Å². The molecule has 0 aliphatic heterocycles. The number of amides is 2. The largest absolute Gasteiger partial charge is 1.00 e.